The number of benzene rings is 1. The van der Waals surface area contributed by atoms with E-state index in [9.17, 15) is 34.0 Å². The molecular formula is C37H41N3O12. The Balaban J connectivity index is 1.89. The van der Waals surface area contributed by atoms with Crippen LogP contribution >= 0.6 is 0 Å². The van der Waals surface area contributed by atoms with E-state index in [0.29, 0.717) is 5.57 Å². The number of nitrogens with zero attached hydrogens (tertiary/aromatic N) is 3. The molecular weight excluding hydrogens is 678 g/mol. The van der Waals surface area contributed by atoms with E-state index in [4.69, 9.17) is 28.4 Å². The minimum atomic E-state index is -1.31. The largest absolute Gasteiger partial charge is 0.492 e. The van der Waals surface area contributed by atoms with Crippen molar-refractivity contribution in [3.05, 3.63) is 50.8 Å². The highest BCUT2D eigenvalue weighted by molar-refractivity contribution is 6.25. The molecule has 0 saturated carbocycles. The number of likely N-dealkylation sites (N-methyl/N-ethyl adjacent to an activating group) is 1. The number of fused-ring (bicyclic) bond motifs is 6. The summed E-state index contributed by atoms with van der Waals surface area (Å²) in [5.74, 6) is -4.03. The lowest BCUT2D eigenvalue weighted by molar-refractivity contribution is -0.166. The van der Waals surface area contributed by atoms with Crippen molar-refractivity contribution >= 4 is 35.4 Å². The third-order valence-corrected chi connectivity index (χ3v) is 10.1. The number of piperazine rings is 1. The molecule has 0 spiro atoms. The van der Waals surface area contributed by atoms with E-state index in [1.54, 1.807) is 43.7 Å². The first-order chi connectivity index (χ1) is 24.5. The van der Waals surface area contributed by atoms with Gasteiger partial charge in [0.05, 0.1) is 38.4 Å². The number of nitriles is 1. The van der Waals surface area contributed by atoms with Gasteiger partial charge in [0.1, 0.15) is 24.5 Å². The number of hydrogen-bond acceptors (Lipinski definition) is 15. The molecule has 5 rings (SSSR count). The Morgan fingerprint density at radius 1 is 0.904 bits per heavy atom. The van der Waals surface area contributed by atoms with Gasteiger partial charge in [-0.2, -0.15) is 5.26 Å². The Hall–Kier alpha value is -5.33. The van der Waals surface area contributed by atoms with Crippen LogP contribution in [-0.2, 0) is 43.0 Å². The van der Waals surface area contributed by atoms with E-state index in [2.05, 4.69) is 6.07 Å². The fourth-order valence-corrected chi connectivity index (χ4v) is 8.04. The molecule has 1 aromatic carbocycles. The predicted octanol–water partition coefficient (Wildman–Crippen LogP) is 3.04. The first-order valence-electron chi connectivity index (χ1n) is 16.6. The molecule has 4 aliphatic rings. The monoisotopic (exact) mass is 719 g/mol. The Morgan fingerprint density at radius 3 is 2.08 bits per heavy atom. The molecule has 0 amide bonds. The minimum absolute atomic E-state index is 0.00908. The Morgan fingerprint density at radius 2 is 1.54 bits per heavy atom. The standard InChI is InChI=1S/C37H41N3O12/c1-11-15(2)37(46)49-14-24-25-21(30(44)16(3)33(47-9)31(25)45)12-22-28-26-27(35(51-19(6)42)29(39(28)8)23(13-38)40(22)24)32(50-18(5)41)17(4)34(48-10)36(26)52-20(7)43/h11,22-24,28-29,35H,12,14H2,1-10H3/t22-,23-,24-,28-,29+,35-/m0/s1. The normalized spacial score (nSPS) is 25.7. The highest BCUT2D eigenvalue weighted by Crippen LogP contribution is 2.60. The van der Waals surface area contributed by atoms with Crippen LogP contribution in [0.4, 0.5) is 0 Å². The van der Waals surface area contributed by atoms with Crippen molar-refractivity contribution in [2.45, 2.75) is 91.2 Å². The SMILES string of the molecule is CC=C(C)C(=O)OC[C@H]1C2=C(C[C@H]3[C@H]4c5c(OC(C)=O)c(OC)c(C)c(OC(C)=O)c5[C@H](OC(C)=O)[C@@H]([C@H](C#N)N13)N4C)C(=O)C(C)=C(OC)C2=O. The molecule has 1 aliphatic carbocycles. The van der Waals surface area contributed by atoms with Crippen molar-refractivity contribution < 1.29 is 57.2 Å². The number of carbonyl (C=O) groups is 6. The number of allylic oxidation sites excluding steroid dienone is 3. The topological polar surface area (TPSA) is 188 Å². The van der Waals surface area contributed by atoms with Crippen LogP contribution in [0.5, 0.6) is 17.2 Å². The first kappa shape index (κ1) is 37.9. The number of esters is 4. The van der Waals surface area contributed by atoms with Crippen LogP contribution in [0.15, 0.2) is 34.1 Å². The second-order valence-corrected chi connectivity index (χ2v) is 13.0. The molecule has 6 atom stereocenters. The summed E-state index contributed by atoms with van der Waals surface area (Å²) in [6, 6.07) is -2.72. The van der Waals surface area contributed by atoms with Gasteiger partial charge in [-0.15, -0.1) is 0 Å². The van der Waals surface area contributed by atoms with Crippen molar-refractivity contribution in [3.63, 3.8) is 0 Å². The van der Waals surface area contributed by atoms with Crippen molar-refractivity contribution in [2.75, 3.05) is 27.9 Å². The molecule has 276 valence electrons. The quantitative estimate of drug-likeness (QED) is 0.165. The van der Waals surface area contributed by atoms with Crippen molar-refractivity contribution in [2.24, 2.45) is 0 Å². The van der Waals surface area contributed by atoms with Gasteiger partial charge in [-0.1, -0.05) is 6.08 Å². The molecule has 15 nitrogen and oxygen atoms in total. The summed E-state index contributed by atoms with van der Waals surface area (Å²) in [5.41, 5.74) is 1.24. The Bertz CT molecular complexity index is 1930. The maximum Gasteiger partial charge on any atom is 0.333 e. The molecule has 0 aromatic heterocycles. The number of methoxy groups -OCH3 is 2. The summed E-state index contributed by atoms with van der Waals surface area (Å²) >= 11 is 0. The van der Waals surface area contributed by atoms with Gasteiger partial charge in [0.25, 0.3) is 0 Å². The van der Waals surface area contributed by atoms with E-state index in [1.165, 1.54) is 41.9 Å². The van der Waals surface area contributed by atoms with Gasteiger partial charge in [0, 0.05) is 65.8 Å². The maximum atomic E-state index is 14.2. The summed E-state index contributed by atoms with van der Waals surface area (Å²) in [4.78, 5) is 82.9. The lowest BCUT2D eigenvalue weighted by Gasteiger charge is -2.61. The van der Waals surface area contributed by atoms with Gasteiger partial charge in [0.2, 0.25) is 5.78 Å². The maximum absolute atomic E-state index is 14.2. The van der Waals surface area contributed by atoms with E-state index in [-0.39, 0.29) is 62.8 Å². The zero-order valence-corrected chi connectivity index (χ0v) is 30.7. The zero-order valence-electron chi connectivity index (χ0n) is 30.7. The van der Waals surface area contributed by atoms with Crippen LogP contribution < -0.4 is 14.2 Å². The molecule has 0 N–H and O–H groups in total. The molecule has 2 bridgehead atoms. The predicted molar refractivity (Wildman–Crippen MR) is 180 cm³/mol. The third kappa shape index (κ3) is 5.95. The van der Waals surface area contributed by atoms with E-state index < -0.39 is 78.4 Å². The smallest absolute Gasteiger partial charge is 0.333 e. The van der Waals surface area contributed by atoms with Crippen LogP contribution in [-0.4, -0.2) is 97.3 Å². The number of rotatable bonds is 8. The molecule has 15 heteroatoms. The van der Waals surface area contributed by atoms with Gasteiger partial charge in [-0.3, -0.25) is 33.8 Å². The van der Waals surface area contributed by atoms with Crippen LogP contribution in [0.3, 0.4) is 0 Å². The van der Waals surface area contributed by atoms with Crippen LogP contribution in [0.1, 0.15) is 76.8 Å². The number of Topliss-reactive ketones (excluding diaryl/α,β-unsaturated/α-hetero) is 2. The molecule has 52 heavy (non-hydrogen) atoms. The molecule has 3 heterocycles. The van der Waals surface area contributed by atoms with Gasteiger partial charge < -0.3 is 28.4 Å². The first-order valence-corrected chi connectivity index (χ1v) is 16.6. The summed E-state index contributed by atoms with van der Waals surface area (Å²) in [5, 5.41) is 11.0. The summed E-state index contributed by atoms with van der Waals surface area (Å²) < 4.78 is 34.5. The number of ether oxygens (including phenoxy) is 6. The molecule has 1 fully saturated rings. The van der Waals surface area contributed by atoms with Crippen molar-refractivity contribution in [1.82, 2.24) is 9.80 Å². The van der Waals surface area contributed by atoms with E-state index >= 15 is 0 Å². The second-order valence-electron chi connectivity index (χ2n) is 13.0. The highest BCUT2D eigenvalue weighted by Gasteiger charge is 2.62. The summed E-state index contributed by atoms with van der Waals surface area (Å²) in [6.45, 7) is 9.43. The molecule has 1 saturated heterocycles. The van der Waals surface area contributed by atoms with Crippen LogP contribution in [0.25, 0.3) is 0 Å². The fourth-order valence-electron chi connectivity index (χ4n) is 8.04. The van der Waals surface area contributed by atoms with E-state index in [0.717, 1.165) is 0 Å². The van der Waals surface area contributed by atoms with E-state index in [1.807, 2.05) is 0 Å². The molecule has 1 aromatic rings. The Labute approximate surface area is 300 Å². The zero-order chi connectivity index (χ0) is 38.5. The molecule has 0 radical (unpaired) electrons. The number of carbonyl (C=O) groups excluding carboxylic acids is 6. The third-order valence-electron chi connectivity index (χ3n) is 10.1. The fraction of sp³-hybridized carbons (Fsp3) is 0.486. The average Bonchev–Trinajstić information content (AvgIpc) is 3.08. The van der Waals surface area contributed by atoms with Gasteiger partial charge in [0.15, 0.2) is 23.0 Å². The van der Waals surface area contributed by atoms with Crippen LogP contribution in [0, 0.1) is 18.3 Å². The highest BCUT2D eigenvalue weighted by atomic mass is 16.6. The van der Waals surface area contributed by atoms with Gasteiger partial charge in [-0.25, -0.2) is 4.79 Å². The average molecular weight is 720 g/mol. The number of ketones is 2. The Kier molecular flexibility index (Phi) is 10.5. The summed E-state index contributed by atoms with van der Waals surface area (Å²) in [7, 11) is 4.32. The second kappa shape index (κ2) is 14.4. The van der Waals surface area contributed by atoms with Crippen molar-refractivity contribution in [3.8, 4) is 23.3 Å². The number of hydrogen-bond donors (Lipinski definition) is 0. The van der Waals surface area contributed by atoms with Crippen LogP contribution in [0.2, 0.25) is 0 Å². The minimum Gasteiger partial charge on any atom is -0.492 e. The molecule has 0 unspecified atom stereocenters. The lowest BCUT2D eigenvalue weighted by Crippen LogP contribution is -2.71. The van der Waals surface area contributed by atoms with Gasteiger partial charge >= 0.3 is 23.9 Å². The lowest BCUT2D eigenvalue weighted by atomic mass is 9.68. The van der Waals surface area contributed by atoms with Crippen molar-refractivity contribution in [1.29, 1.82) is 5.26 Å². The molecule has 3 aliphatic heterocycles. The summed E-state index contributed by atoms with van der Waals surface area (Å²) in [6.07, 6.45) is 0.173. The van der Waals surface area contributed by atoms with Gasteiger partial charge in [-0.05, 0) is 41.2 Å².